The van der Waals surface area contributed by atoms with E-state index in [1.807, 2.05) is 37.3 Å². The maximum atomic E-state index is 5.67. The maximum absolute atomic E-state index is 5.67. The molecule has 0 aliphatic carbocycles. The fourth-order valence-corrected chi connectivity index (χ4v) is 1.56. The second-order valence-corrected chi connectivity index (χ2v) is 5.47. The van der Waals surface area contributed by atoms with Gasteiger partial charge in [-0.15, -0.1) is 0 Å². The van der Waals surface area contributed by atoms with E-state index in [1.54, 1.807) is 6.20 Å². The molecule has 0 amide bonds. The van der Waals surface area contributed by atoms with Crippen molar-refractivity contribution in [1.82, 2.24) is 9.97 Å². The SMILES string of the molecule is Cc1ccc(Oc2cccc(NC(C)(C)C)n2)cn1. The minimum Gasteiger partial charge on any atom is -0.437 e. The highest BCUT2D eigenvalue weighted by Crippen LogP contribution is 2.21. The zero-order valence-electron chi connectivity index (χ0n) is 11.8. The third kappa shape index (κ3) is 4.25. The highest BCUT2D eigenvalue weighted by Gasteiger charge is 2.10. The fraction of sp³-hybridized carbons (Fsp3) is 0.333. The molecule has 4 heteroatoms. The first-order valence-corrected chi connectivity index (χ1v) is 6.28. The number of nitrogens with zero attached hydrogens (tertiary/aromatic N) is 2. The molecule has 0 aromatic carbocycles. The minimum absolute atomic E-state index is 0.0307. The van der Waals surface area contributed by atoms with Crippen molar-refractivity contribution >= 4 is 5.82 Å². The molecule has 0 bridgehead atoms. The van der Waals surface area contributed by atoms with Crippen molar-refractivity contribution < 1.29 is 4.74 Å². The highest BCUT2D eigenvalue weighted by atomic mass is 16.5. The molecular weight excluding hydrogens is 238 g/mol. The Labute approximate surface area is 113 Å². The Bertz CT molecular complexity index is 544. The summed E-state index contributed by atoms with van der Waals surface area (Å²) < 4.78 is 5.67. The van der Waals surface area contributed by atoms with Crippen LogP contribution in [0.4, 0.5) is 5.82 Å². The van der Waals surface area contributed by atoms with Gasteiger partial charge in [0.05, 0.1) is 6.20 Å². The van der Waals surface area contributed by atoms with Gasteiger partial charge in [-0.1, -0.05) is 6.07 Å². The number of pyridine rings is 2. The summed E-state index contributed by atoms with van der Waals surface area (Å²) in [7, 11) is 0. The van der Waals surface area contributed by atoms with Gasteiger partial charge < -0.3 is 10.1 Å². The van der Waals surface area contributed by atoms with Crippen molar-refractivity contribution in [2.45, 2.75) is 33.2 Å². The number of hydrogen-bond acceptors (Lipinski definition) is 4. The van der Waals surface area contributed by atoms with Gasteiger partial charge in [0, 0.05) is 17.3 Å². The number of aromatic nitrogens is 2. The van der Waals surface area contributed by atoms with E-state index in [0.29, 0.717) is 11.6 Å². The average molecular weight is 257 g/mol. The van der Waals surface area contributed by atoms with Crippen molar-refractivity contribution in [3.8, 4) is 11.6 Å². The van der Waals surface area contributed by atoms with Gasteiger partial charge in [0.15, 0.2) is 0 Å². The van der Waals surface area contributed by atoms with E-state index in [9.17, 15) is 0 Å². The van der Waals surface area contributed by atoms with E-state index >= 15 is 0 Å². The molecule has 4 nitrogen and oxygen atoms in total. The zero-order valence-corrected chi connectivity index (χ0v) is 11.8. The van der Waals surface area contributed by atoms with Crippen LogP contribution in [0.1, 0.15) is 26.5 Å². The predicted molar refractivity (Wildman–Crippen MR) is 76.7 cm³/mol. The zero-order chi connectivity index (χ0) is 13.9. The van der Waals surface area contributed by atoms with E-state index in [2.05, 4.69) is 36.1 Å². The van der Waals surface area contributed by atoms with Gasteiger partial charge in [-0.2, -0.15) is 4.98 Å². The molecule has 19 heavy (non-hydrogen) atoms. The summed E-state index contributed by atoms with van der Waals surface area (Å²) in [4.78, 5) is 8.60. The Hall–Kier alpha value is -2.10. The first-order chi connectivity index (χ1) is 8.92. The van der Waals surface area contributed by atoms with Gasteiger partial charge in [0.25, 0.3) is 0 Å². The van der Waals surface area contributed by atoms with E-state index in [4.69, 9.17) is 4.74 Å². The Morgan fingerprint density at radius 1 is 1.11 bits per heavy atom. The summed E-state index contributed by atoms with van der Waals surface area (Å²) in [6, 6.07) is 9.46. The minimum atomic E-state index is -0.0307. The summed E-state index contributed by atoms with van der Waals surface area (Å²) in [5.41, 5.74) is 0.931. The largest absolute Gasteiger partial charge is 0.437 e. The lowest BCUT2D eigenvalue weighted by Gasteiger charge is -2.21. The number of anilines is 1. The van der Waals surface area contributed by atoms with Gasteiger partial charge in [-0.25, -0.2) is 0 Å². The standard InChI is InChI=1S/C15H19N3O/c1-11-8-9-12(10-16-11)19-14-7-5-6-13(17-14)18-15(2,3)4/h5-10H,1-4H3,(H,17,18). The molecule has 0 aliphatic rings. The van der Waals surface area contributed by atoms with Gasteiger partial charge >= 0.3 is 0 Å². The Morgan fingerprint density at radius 2 is 1.89 bits per heavy atom. The summed E-state index contributed by atoms with van der Waals surface area (Å²) >= 11 is 0. The van der Waals surface area contributed by atoms with Gasteiger partial charge in [0.1, 0.15) is 11.6 Å². The summed E-state index contributed by atoms with van der Waals surface area (Å²) in [6.07, 6.45) is 1.70. The number of ether oxygens (including phenoxy) is 1. The highest BCUT2D eigenvalue weighted by molar-refractivity contribution is 5.40. The summed E-state index contributed by atoms with van der Waals surface area (Å²) in [5.74, 6) is 2.04. The number of nitrogens with one attached hydrogen (secondary N) is 1. The molecule has 2 heterocycles. The molecule has 0 radical (unpaired) electrons. The van der Waals surface area contributed by atoms with Crippen LogP contribution >= 0.6 is 0 Å². The molecule has 2 aromatic rings. The summed E-state index contributed by atoms with van der Waals surface area (Å²) in [6.45, 7) is 8.21. The topological polar surface area (TPSA) is 47.0 Å². The number of rotatable bonds is 3. The van der Waals surface area contributed by atoms with E-state index in [1.165, 1.54) is 0 Å². The van der Waals surface area contributed by atoms with Gasteiger partial charge in [-0.05, 0) is 45.9 Å². The van der Waals surface area contributed by atoms with Crippen LogP contribution in [-0.2, 0) is 0 Å². The van der Waals surface area contributed by atoms with Crippen molar-refractivity contribution in [1.29, 1.82) is 0 Å². The molecule has 2 rings (SSSR count). The van der Waals surface area contributed by atoms with Gasteiger partial charge in [0.2, 0.25) is 5.88 Å². The lowest BCUT2D eigenvalue weighted by molar-refractivity contribution is 0.460. The first-order valence-electron chi connectivity index (χ1n) is 6.28. The summed E-state index contributed by atoms with van der Waals surface area (Å²) in [5, 5.41) is 3.31. The van der Waals surface area contributed by atoms with Crippen LogP contribution in [-0.4, -0.2) is 15.5 Å². The lowest BCUT2D eigenvalue weighted by Crippen LogP contribution is -2.26. The molecule has 100 valence electrons. The molecule has 2 aromatic heterocycles. The molecule has 0 atom stereocenters. The quantitative estimate of drug-likeness (QED) is 0.908. The fourth-order valence-electron chi connectivity index (χ4n) is 1.56. The van der Waals surface area contributed by atoms with Crippen LogP contribution in [0.15, 0.2) is 36.5 Å². The number of hydrogen-bond donors (Lipinski definition) is 1. The molecule has 0 saturated heterocycles. The van der Waals surface area contributed by atoms with Crippen LogP contribution < -0.4 is 10.1 Å². The third-order valence-corrected chi connectivity index (χ3v) is 2.33. The van der Waals surface area contributed by atoms with Crippen LogP contribution in [0.3, 0.4) is 0 Å². The van der Waals surface area contributed by atoms with Crippen LogP contribution in [0.25, 0.3) is 0 Å². The van der Waals surface area contributed by atoms with Crippen molar-refractivity contribution in [2.75, 3.05) is 5.32 Å². The van der Waals surface area contributed by atoms with Crippen molar-refractivity contribution in [2.24, 2.45) is 0 Å². The molecule has 0 aliphatic heterocycles. The maximum Gasteiger partial charge on any atom is 0.221 e. The Morgan fingerprint density at radius 3 is 2.53 bits per heavy atom. The van der Waals surface area contributed by atoms with Crippen LogP contribution in [0.5, 0.6) is 11.6 Å². The van der Waals surface area contributed by atoms with Crippen LogP contribution in [0.2, 0.25) is 0 Å². The monoisotopic (exact) mass is 257 g/mol. The van der Waals surface area contributed by atoms with E-state index in [-0.39, 0.29) is 5.54 Å². The second-order valence-electron chi connectivity index (χ2n) is 5.47. The molecule has 0 saturated carbocycles. The molecule has 1 N–H and O–H groups in total. The van der Waals surface area contributed by atoms with Crippen molar-refractivity contribution in [3.05, 3.63) is 42.2 Å². The normalized spacial score (nSPS) is 11.2. The molecule has 0 fully saturated rings. The second kappa shape index (κ2) is 5.26. The average Bonchev–Trinajstić information content (AvgIpc) is 2.30. The van der Waals surface area contributed by atoms with Gasteiger partial charge in [-0.3, -0.25) is 4.98 Å². The van der Waals surface area contributed by atoms with Crippen molar-refractivity contribution in [3.63, 3.8) is 0 Å². The van der Waals surface area contributed by atoms with Crippen LogP contribution in [0, 0.1) is 6.92 Å². The lowest BCUT2D eigenvalue weighted by atomic mass is 10.1. The first kappa shape index (κ1) is 13.3. The van der Waals surface area contributed by atoms with E-state index in [0.717, 1.165) is 11.5 Å². The molecular formula is C15H19N3O. The smallest absolute Gasteiger partial charge is 0.221 e. The van der Waals surface area contributed by atoms with E-state index < -0.39 is 0 Å². The third-order valence-electron chi connectivity index (χ3n) is 2.33. The molecule has 0 unspecified atom stereocenters. The number of aryl methyl sites for hydroxylation is 1. The molecule has 0 spiro atoms. The Kier molecular flexibility index (Phi) is 3.69. The Balaban J connectivity index is 2.13. The predicted octanol–water partition coefficient (Wildman–Crippen LogP) is 3.79.